The van der Waals surface area contributed by atoms with Crippen LogP contribution in [0.3, 0.4) is 0 Å². The number of unbranched alkanes of at least 4 members (excludes halogenated alkanes) is 18. The Kier molecular flexibility index (Phi) is 40.5. The predicted molar refractivity (Wildman–Crippen MR) is 246 cm³/mol. The number of quaternary nitrogens is 1. The van der Waals surface area contributed by atoms with E-state index in [1.165, 1.54) is 83.5 Å². The molecule has 0 spiro atoms. The first-order valence-electron chi connectivity index (χ1n) is 23.9. The maximum absolute atomic E-state index is 12.8. The van der Waals surface area contributed by atoms with Crippen molar-refractivity contribution in [3.05, 3.63) is 60.8 Å². The van der Waals surface area contributed by atoms with Gasteiger partial charge in [-0.3, -0.25) is 9.59 Å². The van der Waals surface area contributed by atoms with Crippen LogP contribution in [0.1, 0.15) is 187 Å². The molecule has 0 radical (unpaired) electrons. The minimum Gasteiger partial charge on any atom is -0.545 e. The van der Waals surface area contributed by atoms with Gasteiger partial charge in [-0.25, -0.2) is 0 Å². The minimum absolute atomic E-state index is 0.139. The second kappa shape index (κ2) is 42.7. The van der Waals surface area contributed by atoms with Crippen molar-refractivity contribution in [1.29, 1.82) is 0 Å². The van der Waals surface area contributed by atoms with E-state index in [9.17, 15) is 19.5 Å². The van der Waals surface area contributed by atoms with Crippen LogP contribution >= 0.6 is 0 Å². The van der Waals surface area contributed by atoms with Crippen LogP contribution in [0.5, 0.6) is 0 Å². The summed E-state index contributed by atoms with van der Waals surface area (Å²) in [7, 11) is 5.90. The molecule has 0 aliphatic rings. The fraction of sp³-hybridized carbons (Fsp3) is 0.745. The molecule has 0 aromatic heterocycles. The highest BCUT2D eigenvalue weighted by molar-refractivity contribution is 5.70. The zero-order valence-electron chi connectivity index (χ0n) is 39.1. The lowest BCUT2D eigenvalue weighted by molar-refractivity contribution is -0.870. The van der Waals surface area contributed by atoms with Crippen LogP contribution in [0.4, 0.5) is 0 Å². The molecule has 2 unspecified atom stereocenters. The van der Waals surface area contributed by atoms with E-state index in [4.69, 9.17) is 18.9 Å². The Morgan fingerprint density at radius 1 is 0.517 bits per heavy atom. The quantitative estimate of drug-likeness (QED) is 0.0196. The molecule has 0 N–H and O–H groups in total. The number of likely N-dealkylation sites (N-methyl/N-ethyl adjacent to an activating group) is 1. The first-order chi connectivity index (χ1) is 29.1. The highest BCUT2D eigenvalue weighted by Gasteiger charge is 2.21. The van der Waals surface area contributed by atoms with Gasteiger partial charge in [0.25, 0.3) is 0 Å². The van der Waals surface area contributed by atoms with E-state index in [0.29, 0.717) is 17.4 Å². The Balaban J connectivity index is 4.46. The van der Waals surface area contributed by atoms with Crippen molar-refractivity contribution in [3.8, 4) is 0 Å². The molecule has 2 atom stereocenters. The standard InChI is InChI=1S/C51H89NO8/c1-6-8-10-12-14-16-18-20-22-24-25-26-28-30-32-34-36-38-40-42-49(54)60-47(46-59-51(50(55)56)57-44-43-52(3,4)5)45-58-48(53)41-39-37-35-33-31-29-27-23-21-19-17-15-13-11-9-7-2/h8,10,14,16,20,22,25-26,30,32,47,51H,6-7,9,11-13,15,17-19,21,23-24,27-29,31,33-46H2,1-5H3/b10-8-,16-14-,22-20-,26-25-,32-30-. The van der Waals surface area contributed by atoms with E-state index in [1.54, 1.807) is 0 Å². The van der Waals surface area contributed by atoms with Crippen molar-refractivity contribution in [2.75, 3.05) is 47.5 Å². The molecule has 9 heteroatoms. The van der Waals surface area contributed by atoms with Crippen LogP contribution in [0.15, 0.2) is 60.8 Å². The van der Waals surface area contributed by atoms with Crippen molar-refractivity contribution in [2.24, 2.45) is 0 Å². The average Bonchev–Trinajstić information content (AvgIpc) is 3.21. The van der Waals surface area contributed by atoms with Crippen molar-refractivity contribution in [1.82, 2.24) is 0 Å². The summed E-state index contributed by atoms with van der Waals surface area (Å²) in [5, 5.41) is 11.7. The molecule has 0 aliphatic carbocycles. The van der Waals surface area contributed by atoms with E-state index in [1.807, 2.05) is 21.1 Å². The van der Waals surface area contributed by atoms with E-state index in [2.05, 4.69) is 74.6 Å². The Hall–Kier alpha value is -3.01. The molecular weight excluding hydrogens is 755 g/mol. The summed E-state index contributed by atoms with van der Waals surface area (Å²) in [5.74, 6) is -2.33. The lowest BCUT2D eigenvalue weighted by atomic mass is 10.0. The summed E-state index contributed by atoms with van der Waals surface area (Å²) < 4.78 is 22.6. The third-order valence-electron chi connectivity index (χ3n) is 10.0. The van der Waals surface area contributed by atoms with Gasteiger partial charge in [-0.2, -0.15) is 0 Å². The van der Waals surface area contributed by atoms with Crippen molar-refractivity contribution in [2.45, 2.75) is 200 Å². The van der Waals surface area contributed by atoms with Gasteiger partial charge in [-0.05, 0) is 57.8 Å². The Bertz CT molecular complexity index is 1170. The third-order valence-corrected chi connectivity index (χ3v) is 10.0. The fourth-order valence-electron chi connectivity index (χ4n) is 6.33. The Morgan fingerprint density at radius 3 is 1.42 bits per heavy atom. The molecule has 60 heavy (non-hydrogen) atoms. The van der Waals surface area contributed by atoms with Gasteiger partial charge in [0.1, 0.15) is 13.2 Å². The molecule has 0 bridgehead atoms. The molecule has 0 amide bonds. The highest BCUT2D eigenvalue weighted by Crippen LogP contribution is 2.15. The second-order valence-electron chi connectivity index (χ2n) is 17.0. The SMILES string of the molecule is CC/C=C\C/C=C\C/C=C\C/C=C\C/C=C\CCCCCC(=O)OC(COC(=O)CCCCCCCCCCCCCCCCCC)COC(OCC[N+](C)(C)C)C(=O)[O-]. The number of carboxylic acid groups (broad SMARTS) is 1. The molecule has 0 saturated heterocycles. The van der Waals surface area contributed by atoms with Crippen LogP contribution in [0.2, 0.25) is 0 Å². The van der Waals surface area contributed by atoms with Crippen LogP contribution in [0.25, 0.3) is 0 Å². The molecule has 0 heterocycles. The molecule has 0 aliphatic heterocycles. The first kappa shape index (κ1) is 57.0. The van der Waals surface area contributed by atoms with Crippen molar-refractivity contribution < 1.29 is 42.9 Å². The average molecular weight is 844 g/mol. The minimum atomic E-state index is -1.63. The lowest BCUT2D eigenvalue weighted by Gasteiger charge is -2.26. The number of hydrogen-bond donors (Lipinski definition) is 0. The fourth-order valence-corrected chi connectivity index (χ4v) is 6.33. The number of carbonyl (C=O) groups is 3. The Labute approximate surface area is 367 Å². The maximum Gasteiger partial charge on any atom is 0.306 e. The molecule has 9 nitrogen and oxygen atoms in total. The molecule has 346 valence electrons. The number of nitrogens with zero attached hydrogens (tertiary/aromatic N) is 1. The van der Waals surface area contributed by atoms with Gasteiger partial charge in [0.2, 0.25) is 0 Å². The monoisotopic (exact) mass is 844 g/mol. The second-order valence-corrected chi connectivity index (χ2v) is 17.0. The van der Waals surface area contributed by atoms with Gasteiger partial charge in [-0.1, -0.05) is 177 Å². The van der Waals surface area contributed by atoms with E-state index < -0.39 is 24.3 Å². The van der Waals surface area contributed by atoms with Crippen LogP contribution in [-0.2, 0) is 33.3 Å². The zero-order chi connectivity index (χ0) is 44.2. The van der Waals surface area contributed by atoms with E-state index >= 15 is 0 Å². The largest absolute Gasteiger partial charge is 0.545 e. The lowest BCUT2D eigenvalue weighted by Crippen LogP contribution is -2.44. The zero-order valence-corrected chi connectivity index (χ0v) is 39.1. The number of carbonyl (C=O) groups excluding carboxylic acids is 3. The molecule has 0 aromatic carbocycles. The van der Waals surface area contributed by atoms with Gasteiger partial charge < -0.3 is 33.3 Å². The maximum atomic E-state index is 12.8. The highest BCUT2D eigenvalue weighted by atomic mass is 16.7. The topological polar surface area (TPSA) is 111 Å². The molecule has 0 fully saturated rings. The number of carboxylic acids is 1. The van der Waals surface area contributed by atoms with Gasteiger partial charge in [-0.15, -0.1) is 0 Å². The smallest absolute Gasteiger partial charge is 0.306 e. The van der Waals surface area contributed by atoms with Crippen LogP contribution in [0, 0.1) is 0 Å². The summed E-state index contributed by atoms with van der Waals surface area (Å²) >= 11 is 0. The predicted octanol–water partition coefficient (Wildman–Crippen LogP) is 11.6. The summed E-state index contributed by atoms with van der Waals surface area (Å²) in [4.78, 5) is 37.0. The number of rotatable bonds is 43. The summed E-state index contributed by atoms with van der Waals surface area (Å²) in [5.41, 5.74) is 0. The summed E-state index contributed by atoms with van der Waals surface area (Å²) in [6.45, 7) is 4.59. The molecule has 0 aromatic rings. The van der Waals surface area contributed by atoms with Gasteiger partial charge >= 0.3 is 11.9 Å². The number of hydrogen-bond acceptors (Lipinski definition) is 8. The number of esters is 2. The normalized spacial score (nSPS) is 13.4. The molecule has 0 saturated carbocycles. The summed E-state index contributed by atoms with van der Waals surface area (Å²) in [6.07, 6.45) is 48.2. The Morgan fingerprint density at radius 2 is 0.950 bits per heavy atom. The molecule has 0 rings (SSSR count). The number of allylic oxidation sites excluding steroid dienone is 10. The van der Waals surface area contributed by atoms with Crippen LogP contribution in [-0.4, -0.2) is 82.3 Å². The van der Waals surface area contributed by atoms with E-state index in [0.717, 1.165) is 70.6 Å². The first-order valence-corrected chi connectivity index (χ1v) is 23.9. The summed E-state index contributed by atoms with van der Waals surface area (Å²) in [6, 6.07) is 0. The van der Waals surface area contributed by atoms with Crippen LogP contribution < -0.4 is 5.11 Å². The van der Waals surface area contributed by atoms with E-state index in [-0.39, 0.29) is 38.6 Å². The number of aliphatic carboxylic acids is 1. The third kappa shape index (κ3) is 43.1. The number of ether oxygens (including phenoxy) is 4. The van der Waals surface area contributed by atoms with Gasteiger partial charge in [0.05, 0.1) is 40.3 Å². The van der Waals surface area contributed by atoms with Gasteiger partial charge in [0.15, 0.2) is 12.4 Å². The van der Waals surface area contributed by atoms with Gasteiger partial charge in [0, 0.05) is 12.8 Å². The van der Waals surface area contributed by atoms with Crippen molar-refractivity contribution in [3.63, 3.8) is 0 Å². The molecular formula is C51H89NO8. The van der Waals surface area contributed by atoms with Crippen molar-refractivity contribution >= 4 is 17.9 Å².